The van der Waals surface area contributed by atoms with Crippen molar-refractivity contribution in [2.45, 2.75) is 76.6 Å². The highest BCUT2D eigenvalue weighted by atomic mass is 19.4. The second kappa shape index (κ2) is 18.5. The van der Waals surface area contributed by atoms with E-state index in [9.17, 15) is 50.3 Å². The Labute approximate surface area is 296 Å². The van der Waals surface area contributed by atoms with Crippen molar-refractivity contribution in [3.05, 3.63) is 65.2 Å². The number of alkyl halides is 6. The number of carbonyl (C=O) groups is 5. The monoisotopic (exact) mass is 747 g/mol. The van der Waals surface area contributed by atoms with Crippen molar-refractivity contribution in [1.29, 1.82) is 0 Å². The van der Waals surface area contributed by atoms with Gasteiger partial charge in [-0.2, -0.15) is 26.3 Å². The van der Waals surface area contributed by atoms with Gasteiger partial charge in [-0.15, -0.1) is 0 Å². The summed E-state index contributed by atoms with van der Waals surface area (Å²) in [6.45, 7) is 6.14. The molecule has 0 unspecified atom stereocenters. The van der Waals surface area contributed by atoms with E-state index in [-0.39, 0.29) is 37.4 Å². The maximum absolute atomic E-state index is 13.8. The minimum atomic E-state index is -4.76. The molecule has 0 aliphatic heterocycles. The molecule has 0 saturated heterocycles. The Bertz CT molecular complexity index is 1540. The molecule has 3 atom stereocenters. The number of nitrogens with two attached hydrogens (primary N) is 2. The molecule has 0 fully saturated rings. The Kier molecular flexibility index (Phi) is 15.4. The number of hydrogen-bond acceptors (Lipinski definition) is 8. The minimum Gasteiger partial charge on any atom is -0.444 e. The molecule has 0 heterocycles. The van der Waals surface area contributed by atoms with E-state index in [1.54, 1.807) is 20.8 Å². The van der Waals surface area contributed by atoms with Gasteiger partial charge in [0.1, 0.15) is 23.7 Å². The van der Waals surface area contributed by atoms with Gasteiger partial charge in [0.25, 0.3) is 0 Å². The molecule has 19 heteroatoms. The molecule has 0 aliphatic carbocycles. The lowest BCUT2D eigenvalue weighted by molar-refractivity contribution is -0.138. The fraction of sp³-hybridized carbons (Fsp3) is 0.485. The molecule has 0 bridgehead atoms. The van der Waals surface area contributed by atoms with Gasteiger partial charge in [-0.3, -0.25) is 19.2 Å². The molecular formula is C33H43F6N7O6. The van der Waals surface area contributed by atoms with Gasteiger partial charge in [-0.1, -0.05) is 18.2 Å². The predicted octanol–water partition coefficient (Wildman–Crippen LogP) is 2.92. The van der Waals surface area contributed by atoms with Crippen LogP contribution in [0.5, 0.6) is 0 Å². The smallest absolute Gasteiger partial charge is 0.416 e. The molecule has 0 spiro atoms. The lowest BCUT2D eigenvalue weighted by Crippen LogP contribution is -2.57. The van der Waals surface area contributed by atoms with E-state index in [0.29, 0.717) is 6.07 Å². The average molecular weight is 748 g/mol. The SMILES string of the molecule is C[C@@H](NC(=O)OC(C)(C)C)C(=O)N[C@@H](CC(=O)N(CCN)CCN)C(=O)N[C@@H](Cc1ccc(C(F)(F)F)cc1)C(=O)Nc1cccc(C(F)(F)F)c1. The molecule has 52 heavy (non-hydrogen) atoms. The second-order valence-corrected chi connectivity index (χ2v) is 12.6. The predicted molar refractivity (Wildman–Crippen MR) is 177 cm³/mol. The van der Waals surface area contributed by atoms with Crippen LogP contribution in [-0.2, 0) is 42.7 Å². The number of carbonyl (C=O) groups excluding carboxylic acids is 5. The summed E-state index contributed by atoms with van der Waals surface area (Å²) < 4.78 is 84.7. The lowest BCUT2D eigenvalue weighted by atomic mass is 10.0. The van der Waals surface area contributed by atoms with Crippen molar-refractivity contribution in [2.24, 2.45) is 11.5 Å². The summed E-state index contributed by atoms with van der Waals surface area (Å²) >= 11 is 0. The molecule has 2 aromatic carbocycles. The van der Waals surface area contributed by atoms with Crippen LogP contribution in [0.15, 0.2) is 48.5 Å². The van der Waals surface area contributed by atoms with Crippen LogP contribution in [0.3, 0.4) is 0 Å². The Morgan fingerprint density at radius 2 is 1.31 bits per heavy atom. The normalized spacial score (nSPS) is 13.6. The van der Waals surface area contributed by atoms with Gasteiger partial charge >= 0.3 is 18.4 Å². The maximum atomic E-state index is 13.8. The van der Waals surface area contributed by atoms with E-state index in [1.165, 1.54) is 11.8 Å². The molecule has 8 N–H and O–H groups in total. The summed E-state index contributed by atoms with van der Waals surface area (Å²) in [7, 11) is 0. The molecule has 288 valence electrons. The number of benzene rings is 2. The van der Waals surface area contributed by atoms with Crippen molar-refractivity contribution in [3.63, 3.8) is 0 Å². The molecule has 0 aliphatic rings. The zero-order valence-electron chi connectivity index (χ0n) is 28.9. The highest BCUT2D eigenvalue weighted by Crippen LogP contribution is 2.31. The van der Waals surface area contributed by atoms with Gasteiger partial charge in [-0.25, -0.2) is 4.79 Å². The number of alkyl carbamates (subject to hydrolysis) is 1. The summed E-state index contributed by atoms with van der Waals surface area (Å²) in [6, 6.07) is 2.47. The van der Waals surface area contributed by atoms with E-state index >= 15 is 0 Å². The summed E-state index contributed by atoms with van der Waals surface area (Å²) in [5.41, 5.74) is 7.98. The van der Waals surface area contributed by atoms with Crippen LogP contribution in [0.4, 0.5) is 36.8 Å². The number of amides is 5. The van der Waals surface area contributed by atoms with Crippen molar-refractivity contribution in [3.8, 4) is 0 Å². The van der Waals surface area contributed by atoms with E-state index in [1.807, 2.05) is 0 Å². The number of halogens is 6. The van der Waals surface area contributed by atoms with E-state index < -0.39 is 89.8 Å². The quantitative estimate of drug-likeness (QED) is 0.150. The van der Waals surface area contributed by atoms with E-state index in [2.05, 4.69) is 21.3 Å². The number of rotatable bonds is 15. The van der Waals surface area contributed by atoms with Gasteiger partial charge < -0.3 is 42.4 Å². The number of ether oxygens (including phenoxy) is 1. The molecule has 2 rings (SSSR count). The maximum Gasteiger partial charge on any atom is 0.416 e. The average Bonchev–Trinajstić information content (AvgIpc) is 3.02. The molecule has 2 aromatic rings. The van der Waals surface area contributed by atoms with Gasteiger partial charge in [0.05, 0.1) is 17.5 Å². The van der Waals surface area contributed by atoms with Crippen LogP contribution >= 0.6 is 0 Å². The largest absolute Gasteiger partial charge is 0.444 e. The number of nitrogens with zero attached hydrogens (tertiary/aromatic N) is 1. The molecule has 0 radical (unpaired) electrons. The summed E-state index contributed by atoms with van der Waals surface area (Å²) in [4.78, 5) is 67.1. The summed E-state index contributed by atoms with van der Waals surface area (Å²) in [5, 5.41) is 9.26. The van der Waals surface area contributed by atoms with Crippen molar-refractivity contribution in [2.75, 3.05) is 31.5 Å². The number of hydrogen-bond donors (Lipinski definition) is 6. The summed E-state index contributed by atoms with van der Waals surface area (Å²) in [5.74, 6) is -3.83. The first-order valence-corrected chi connectivity index (χ1v) is 16.0. The van der Waals surface area contributed by atoms with E-state index in [4.69, 9.17) is 16.2 Å². The Balaban J connectivity index is 2.46. The fourth-order valence-corrected chi connectivity index (χ4v) is 4.58. The zero-order chi connectivity index (χ0) is 39.4. The first kappa shape index (κ1) is 43.3. The topological polar surface area (TPSA) is 198 Å². The minimum absolute atomic E-state index is 0.0245. The fourth-order valence-electron chi connectivity index (χ4n) is 4.58. The molecular weight excluding hydrogens is 704 g/mol. The van der Waals surface area contributed by atoms with Crippen molar-refractivity contribution < 1.29 is 55.1 Å². The van der Waals surface area contributed by atoms with Crippen LogP contribution in [0, 0.1) is 0 Å². The third-order valence-electron chi connectivity index (χ3n) is 7.10. The van der Waals surface area contributed by atoms with Crippen LogP contribution in [0.1, 0.15) is 50.8 Å². The van der Waals surface area contributed by atoms with Crippen LogP contribution in [-0.4, -0.2) is 84.5 Å². The van der Waals surface area contributed by atoms with Gasteiger partial charge in [-0.05, 0) is 63.6 Å². The molecule has 0 saturated carbocycles. The molecule has 13 nitrogen and oxygen atoms in total. The highest BCUT2D eigenvalue weighted by Gasteiger charge is 2.34. The van der Waals surface area contributed by atoms with Crippen molar-refractivity contribution >= 4 is 35.4 Å². The zero-order valence-corrected chi connectivity index (χ0v) is 28.9. The Morgan fingerprint density at radius 3 is 1.83 bits per heavy atom. The Morgan fingerprint density at radius 1 is 0.750 bits per heavy atom. The van der Waals surface area contributed by atoms with Gasteiger partial charge in [0, 0.05) is 38.3 Å². The highest BCUT2D eigenvalue weighted by molar-refractivity contribution is 6.00. The van der Waals surface area contributed by atoms with Gasteiger partial charge in [0.2, 0.25) is 23.6 Å². The van der Waals surface area contributed by atoms with Crippen LogP contribution in [0.25, 0.3) is 0 Å². The third-order valence-corrected chi connectivity index (χ3v) is 7.10. The van der Waals surface area contributed by atoms with Crippen LogP contribution < -0.4 is 32.7 Å². The Hall–Kier alpha value is -4.91. The summed E-state index contributed by atoms with van der Waals surface area (Å²) in [6.07, 6.45) is -11.6. The standard InChI is InChI=1S/C33H43F6N7O6/c1-19(42-30(51)52-31(2,3)4)27(48)44-25(18-26(47)46(14-12-40)15-13-41)29(50)45-24(16-20-8-10-21(11-9-20)32(34,35)36)28(49)43-23-7-5-6-22(17-23)33(37,38)39/h5-11,17,19,24-25H,12-16,18,40-41H2,1-4H3,(H,42,51)(H,43,49)(H,44,48)(H,45,50)/t19-,24+,25+/m1/s1. The number of anilines is 1. The van der Waals surface area contributed by atoms with E-state index in [0.717, 1.165) is 42.5 Å². The third kappa shape index (κ3) is 14.4. The molecule has 0 aromatic heterocycles. The first-order chi connectivity index (χ1) is 24.0. The molecule has 5 amide bonds. The van der Waals surface area contributed by atoms with Crippen molar-refractivity contribution in [1.82, 2.24) is 20.9 Å². The van der Waals surface area contributed by atoms with Crippen LogP contribution in [0.2, 0.25) is 0 Å². The van der Waals surface area contributed by atoms with Gasteiger partial charge in [0.15, 0.2) is 0 Å². The number of nitrogens with one attached hydrogen (secondary N) is 4. The lowest BCUT2D eigenvalue weighted by Gasteiger charge is -2.27. The first-order valence-electron chi connectivity index (χ1n) is 16.0. The second-order valence-electron chi connectivity index (χ2n) is 12.6.